The Morgan fingerprint density at radius 3 is 3.05 bits per heavy atom. The highest BCUT2D eigenvalue weighted by atomic mass is 16.3. The molecule has 1 amide bonds. The molecule has 1 fully saturated rings. The molecule has 116 valence electrons. The number of H-pyrrole nitrogens is 1. The van der Waals surface area contributed by atoms with Gasteiger partial charge in [0.2, 0.25) is 11.9 Å². The van der Waals surface area contributed by atoms with E-state index < -0.39 is 5.56 Å². The van der Waals surface area contributed by atoms with Crippen LogP contribution in [-0.4, -0.2) is 37.1 Å². The summed E-state index contributed by atoms with van der Waals surface area (Å²) in [7, 11) is 0. The molecular weight excluding hydrogens is 286 g/mol. The van der Waals surface area contributed by atoms with Gasteiger partial charge in [0, 0.05) is 24.6 Å². The Morgan fingerprint density at radius 2 is 2.41 bits per heavy atom. The molecule has 22 heavy (non-hydrogen) atoms. The van der Waals surface area contributed by atoms with Crippen LogP contribution >= 0.6 is 0 Å². The molecule has 3 rings (SSSR count). The lowest BCUT2D eigenvalue weighted by Crippen LogP contribution is -2.22. The number of rotatable bonds is 4. The van der Waals surface area contributed by atoms with Gasteiger partial charge in [-0.1, -0.05) is 13.8 Å². The first-order valence-electron chi connectivity index (χ1n) is 7.08. The number of anilines is 1. The van der Waals surface area contributed by atoms with E-state index in [2.05, 4.69) is 20.3 Å². The highest BCUT2D eigenvalue weighted by Crippen LogP contribution is 2.37. The third-order valence-corrected chi connectivity index (χ3v) is 3.57. The number of aromatic nitrogens is 4. The summed E-state index contributed by atoms with van der Waals surface area (Å²) in [5, 5.41) is 11.6. The van der Waals surface area contributed by atoms with Crippen molar-refractivity contribution in [2.24, 2.45) is 11.8 Å². The molecule has 3 N–H and O–H groups in total. The van der Waals surface area contributed by atoms with E-state index in [1.807, 2.05) is 6.20 Å². The number of imidazole rings is 1. The van der Waals surface area contributed by atoms with E-state index in [1.165, 1.54) is 6.33 Å². The molecule has 2 aromatic rings. The van der Waals surface area contributed by atoms with Crippen LogP contribution in [0.3, 0.4) is 0 Å². The third-order valence-electron chi connectivity index (χ3n) is 3.57. The molecule has 2 aromatic heterocycles. The number of aliphatic hydroxyl groups is 1. The molecule has 0 saturated heterocycles. The van der Waals surface area contributed by atoms with Crippen LogP contribution in [0.25, 0.3) is 17.4 Å². The average molecular weight is 303 g/mol. The Bertz CT molecular complexity index is 817. The van der Waals surface area contributed by atoms with Gasteiger partial charge in [-0.05, 0) is 12.0 Å². The molecule has 1 saturated carbocycles. The van der Waals surface area contributed by atoms with Crippen LogP contribution in [0.4, 0.5) is 5.95 Å². The van der Waals surface area contributed by atoms with Crippen molar-refractivity contribution in [1.82, 2.24) is 19.5 Å². The van der Waals surface area contributed by atoms with Crippen LogP contribution in [0.15, 0.2) is 16.7 Å². The van der Waals surface area contributed by atoms with E-state index in [-0.39, 0.29) is 35.8 Å². The summed E-state index contributed by atoms with van der Waals surface area (Å²) < 4.78 is 1.64. The van der Waals surface area contributed by atoms with Crippen LogP contribution in [-0.2, 0) is 4.79 Å². The quantitative estimate of drug-likeness (QED) is 0.764. The van der Waals surface area contributed by atoms with Crippen molar-refractivity contribution in [3.8, 4) is 0 Å². The minimum atomic E-state index is -0.407. The van der Waals surface area contributed by atoms with Crippen LogP contribution < -0.4 is 10.9 Å². The zero-order valence-electron chi connectivity index (χ0n) is 12.3. The number of carbonyl (C=O) groups is 1. The minimum Gasteiger partial charge on any atom is -0.396 e. The smallest absolute Gasteiger partial charge is 0.280 e. The maximum Gasteiger partial charge on any atom is 0.280 e. The van der Waals surface area contributed by atoms with Crippen LogP contribution in [0.2, 0.25) is 0 Å². The standard InChI is InChI=1S/C14H17N5O3/c1-7(2)12(21)17-14-16-11-10(13(22)18-14)15-6-19(11)4-8-3-9(8)5-20/h4,6-7,9,20H,3,5H2,1-2H3,(H2,16,17,18,21,22)/b8-4-/t9-/m0/s1. The Balaban J connectivity index is 1.99. The van der Waals surface area contributed by atoms with E-state index in [0.29, 0.717) is 5.65 Å². The molecule has 8 nitrogen and oxygen atoms in total. The normalized spacial score (nSPS) is 19.1. The van der Waals surface area contributed by atoms with Gasteiger partial charge in [-0.2, -0.15) is 4.98 Å². The first kappa shape index (κ1) is 14.5. The highest BCUT2D eigenvalue weighted by Gasteiger charge is 2.29. The summed E-state index contributed by atoms with van der Waals surface area (Å²) in [6, 6.07) is 0. The van der Waals surface area contributed by atoms with Crippen molar-refractivity contribution >= 4 is 29.2 Å². The SMILES string of the molecule is CC(C)C(=O)Nc1nc2c(ncn2/C=C2/C[C@H]2CO)c(=O)[nH]1. The largest absolute Gasteiger partial charge is 0.396 e. The summed E-state index contributed by atoms with van der Waals surface area (Å²) in [5.74, 6) is -0.162. The van der Waals surface area contributed by atoms with Gasteiger partial charge in [0.15, 0.2) is 11.2 Å². The monoisotopic (exact) mass is 303 g/mol. The van der Waals surface area contributed by atoms with Gasteiger partial charge in [0.05, 0.1) is 0 Å². The Hall–Kier alpha value is -2.48. The average Bonchev–Trinajstić information content (AvgIpc) is 3.10. The summed E-state index contributed by atoms with van der Waals surface area (Å²) >= 11 is 0. The zero-order chi connectivity index (χ0) is 15.9. The number of aliphatic hydroxyl groups excluding tert-OH is 1. The van der Waals surface area contributed by atoms with E-state index in [0.717, 1.165) is 12.0 Å². The maximum atomic E-state index is 12.0. The second-order valence-electron chi connectivity index (χ2n) is 5.67. The van der Waals surface area contributed by atoms with E-state index in [1.54, 1.807) is 18.4 Å². The summed E-state index contributed by atoms with van der Waals surface area (Å²) in [5.41, 5.74) is 1.26. The molecular formula is C14H17N5O3. The van der Waals surface area contributed by atoms with E-state index >= 15 is 0 Å². The van der Waals surface area contributed by atoms with Gasteiger partial charge in [0.25, 0.3) is 5.56 Å². The predicted octanol–water partition coefficient (Wildman–Crippen LogP) is 0.567. The molecule has 0 spiro atoms. The number of amides is 1. The molecule has 1 aliphatic rings. The fraction of sp³-hybridized carbons (Fsp3) is 0.429. The summed E-state index contributed by atoms with van der Waals surface area (Å²) in [6.45, 7) is 3.62. The number of fused-ring (bicyclic) bond motifs is 1. The van der Waals surface area contributed by atoms with Gasteiger partial charge >= 0.3 is 0 Å². The van der Waals surface area contributed by atoms with E-state index in [9.17, 15) is 9.59 Å². The lowest BCUT2D eigenvalue weighted by molar-refractivity contribution is -0.118. The van der Waals surface area contributed by atoms with Gasteiger partial charge in [-0.3, -0.25) is 24.5 Å². The van der Waals surface area contributed by atoms with Crippen LogP contribution in [0.1, 0.15) is 20.3 Å². The first-order valence-corrected chi connectivity index (χ1v) is 7.08. The molecule has 0 unspecified atom stereocenters. The zero-order valence-corrected chi connectivity index (χ0v) is 12.3. The van der Waals surface area contributed by atoms with Crippen molar-refractivity contribution in [2.45, 2.75) is 20.3 Å². The highest BCUT2D eigenvalue weighted by molar-refractivity contribution is 5.91. The van der Waals surface area contributed by atoms with Crippen molar-refractivity contribution in [3.63, 3.8) is 0 Å². The number of nitrogens with zero attached hydrogens (tertiary/aromatic N) is 3. The lowest BCUT2D eigenvalue weighted by atomic mass is 10.2. The molecule has 8 heteroatoms. The molecule has 2 heterocycles. The molecule has 0 radical (unpaired) electrons. The fourth-order valence-electron chi connectivity index (χ4n) is 2.08. The van der Waals surface area contributed by atoms with Crippen LogP contribution in [0, 0.1) is 11.8 Å². The Morgan fingerprint density at radius 1 is 1.64 bits per heavy atom. The van der Waals surface area contributed by atoms with Crippen molar-refractivity contribution in [1.29, 1.82) is 0 Å². The molecule has 0 aliphatic heterocycles. The molecule has 1 atom stereocenters. The van der Waals surface area contributed by atoms with Gasteiger partial charge in [-0.15, -0.1) is 0 Å². The summed E-state index contributed by atoms with van der Waals surface area (Å²) in [4.78, 5) is 34.5. The van der Waals surface area contributed by atoms with E-state index in [4.69, 9.17) is 5.11 Å². The minimum absolute atomic E-state index is 0.103. The summed E-state index contributed by atoms with van der Waals surface area (Å²) in [6.07, 6.45) is 4.15. The fourth-order valence-corrected chi connectivity index (χ4v) is 2.08. The Labute approximate surface area is 125 Å². The number of hydrogen-bond donors (Lipinski definition) is 3. The third kappa shape index (κ3) is 2.64. The lowest BCUT2D eigenvalue weighted by Gasteiger charge is -2.06. The maximum absolute atomic E-state index is 12.0. The molecule has 0 bridgehead atoms. The second kappa shape index (κ2) is 5.38. The number of nitrogens with one attached hydrogen (secondary N) is 2. The van der Waals surface area contributed by atoms with Crippen molar-refractivity contribution in [2.75, 3.05) is 11.9 Å². The van der Waals surface area contributed by atoms with Gasteiger partial charge < -0.3 is 5.11 Å². The van der Waals surface area contributed by atoms with Crippen LogP contribution in [0.5, 0.6) is 0 Å². The second-order valence-corrected chi connectivity index (χ2v) is 5.67. The number of carbonyl (C=O) groups excluding carboxylic acids is 1. The number of aromatic amines is 1. The topological polar surface area (TPSA) is 113 Å². The van der Waals surface area contributed by atoms with Crippen molar-refractivity contribution in [3.05, 3.63) is 22.3 Å². The Kier molecular flexibility index (Phi) is 3.53. The predicted molar refractivity (Wildman–Crippen MR) is 81.1 cm³/mol. The van der Waals surface area contributed by atoms with Gasteiger partial charge in [-0.25, -0.2) is 4.98 Å². The van der Waals surface area contributed by atoms with Gasteiger partial charge in [0.1, 0.15) is 6.33 Å². The first-order chi connectivity index (χ1) is 10.5. The molecule has 0 aromatic carbocycles. The van der Waals surface area contributed by atoms with Crippen molar-refractivity contribution < 1.29 is 9.90 Å². The molecule has 1 aliphatic carbocycles. The number of hydrogen-bond acceptors (Lipinski definition) is 5.